The molecule has 2 aromatic heterocycles. The number of ether oxygens (including phenoxy) is 1. The lowest BCUT2D eigenvalue weighted by Crippen LogP contribution is -2.36. The summed E-state index contributed by atoms with van der Waals surface area (Å²) in [5, 5.41) is 8.67. The van der Waals surface area contributed by atoms with Crippen molar-refractivity contribution in [1.29, 1.82) is 0 Å². The Hall–Kier alpha value is -2.73. The number of hydrogen-bond acceptors (Lipinski definition) is 5. The maximum atomic E-state index is 5.42. The minimum absolute atomic E-state index is 0.733. The minimum Gasteiger partial charge on any atom is -0.378 e. The molecule has 1 aliphatic rings. The molecule has 1 aliphatic heterocycles. The van der Waals surface area contributed by atoms with Crippen molar-refractivity contribution in [3.63, 3.8) is 0 Å². The summed E-state index contributed by atoms with van der Waals surface area (Å²) in [6.07, 6.45) is 3.77. The van der Waals surface area contributed by atoms with E-state index in [1.165, 1.54) is 5.57 Å². The lowest BCUT2D eigenvalue weighted by molar-refractivity contribution is 0.122. The van der Waals surface area contributed by atoms with Gasteiger partial charge in [-0.2, -0.15) is 5.10 Å². The van der Waals surface area contributed by atoms with Crippen molar-refractivity contribution in [2.75, 3.05) is 31.2 Å². The average Bonchev–Trinajstić information content (AvgIpc) is 3.05. The zero-order valence-corrected chi connectivity index (χ0v) is 14.5. The third-order valence-corrected chi connectivity index (χ3v) is 4.27. The zero-order chi connectivity index (χ0) is 17.2. The number of fused-ring (bicyclic) bond motifs is 1. The highest BCUT2D eigenvalue weighted by Gasteiger charge is 2.15. The van der Waals surface area contributed by atoms with Crippen LogP contribution in [0.1, 0.15) is 19.4 Å². The van der Waals surface area contributed by atoms with Crippen LogP contribution < -0.4 is 4.90 Å². The Morgan fingerprint density at radius 3 is 2.80 bits per heavy atom. The van der Waals surface area contributed by atoms with Crippen molar-refractivity contribution in [3.05, 3.63) is 41.7 Å². The third kappa shape index (κ3) is 3.25. The first-order chi connectivity index (χ1) is 12.2. The average molecular weight is 335 g/mol. The normalized spacial score (nSPS) is 14.7. The Morgan fingerprint density at radius 1 is 1.16 bits per heavy atom. The molecule has 1 saturated heterocycles. The highest BCUT2D eigenvalue weighted by molar-refractivity contribution is 5.93. The lowest BCUT2D eigenvalue weighted by atomic mass is 10.1. The molecular formula is C19H21N5O. The second kappa shape index (κ2) is 6.64. The molecule has 1 fully saturated rings. The molecule has 0 atom stereocenters. The number of benzene rings is 1. The molecule has 0 saturated carbocycles. The molecule has 3 aromatic rings. The van der Waals surface area contributed by atoms with Gasteiger partial charge in [-0.05, 0) is 31.5 Å². The van der Waals surface area contributed by atoms with E-state index in [2.05, 4.69) is 63.2 Å². The third-order valence-electron chi connectivity index (χ3n) is 4.27. The monoisotopic (exact) mass is 335 g/mol. The summed E-state index contributed by atoms with van der Waals surface area (Å²) in [7, 11) is 0. The molecule has 6 nitrogen and oxygen atoms in total. The van der Waals surface area contributed by atoms with Crippen LogP contribution in [-0.4, -0.2) is 46.5 Å². The maximum absolute atomic E-state index is 5.42. The molecule has 3 heterocycles. The second-order valence-corrected chi connectivity index (χ2v) is 6.46. The van der Waals surface area contributed by atoms with Crippen molar-refractivity contribution in [1.82, 2.24) is 20.2 Å². The summed E-state index contributed by atoms with van der Waals surface area (Å²) in [6, 6.07) is 8.31. The van der Waals surface area contributed by atoms with Crippen LogP contribution in [0.5, 0.6) is 0 Å². The fraction of sp³-hybridized carbons (Fsp3) is 0.316. The van der Waals surface area contributed by atoms with E-state index >= 15 is 0 Å². The van der Waals surface area contributed by atoms with Crippen LogP contribution in [0.4, 0.5) is 5.82 Å². The van der Waals surface area contributed by atoms with Crippen molar-refractivity contribution >= 4 is 22.8 Å². The van der Waals surface area contributed by atoms with E-state index in [0.717, 1.165) is 60.0 Å². The molecule has 0 aliphatic carbocycles. The Kier molecular flexibility index (Phi) is 4.19. The molecular weight excluding hydrogens is 314 g/mol. The van der Waals surface area contributed by atoms with Crippen LogP contribution in [0.3, 0.4) is 0 Å². The van der Waals surface area contributed by atoms with Gasteiger partial charge < -0.3 is 9.64 Å². The number of hydrogen-bond donors (Lipinski definition) is 1. The van der Waals surface area contributed by atoms with Crippen molar-refractivity contribution in [3.8, 4) is 11.4 Å². The standard InChI is InChI=1S/C19H21N5O/c1-13(2)9-14-3-4-16-15(10-14)19(23-22-16)17-11-18(21-12-20-17)24-5-7-25-8-6-24/h3-4,9-12H,5-8H2,1-2H3,(H,22,23). The van der Waals surface area contributed by atoms with Gasteiger partial charge in [-0.25, -0.2) is 9.97 Å². The Bertz CT molecular complexity index is 920. The van der Waals surface area contributed by atoms with E-state index in [1.807, 2.05) is 6.07 Å². The van der Waals surface area contributed by atoms with E-state index in [4.69, 9.17) is 4.74 Å². The van der Waals surface area contributed by atoms with Gasteiger partial charge in [0.15, 0.2) is 0 Å². The molecule has 128 valence electrons. The summed E-state index contributed by atoms with van der Waals surface area (Å²) in [5.41, 5.74) is 5.12. The van der Waals surface area contributed by atoms with Gasteiger partial charge in [-0.3, -0.25) is 5.10 Å². The van der Waals surface area contributed by atoms with E-state index < -0.39 is 0 Å². The summed E-state index contributed by atoms with van der Waals surface area (Å²) < 4.78 is 5.42. The van der Waals surface area contributed by atoms with Crippen molar-refractivity contribution in [2.45, 2.75) is 13.8 Å². The van der Waals surface area contributed by atoms with Crippen LogP contribution in [-0.2, 0) is 4.74 Å². The number of rotatable bonds is 3. The van der Waals surface area contributed by atoms with E-state index in [9.17, 15) is 0 Å². The number of aromatic nitrogens is 4. The lowest BCUT2D eigenvalue weighted by Gasteiger charge is -2.27. The smallest absolute Gasteiger partial charge is 0.132 e. The molecule has 6 heteroatoms. The molecule has 0 unspecified atom stereocenters. The second-order valence-electron chi connectivity index (χ2n) is 6.46. The summed E-state index contributed by atoms with van der Waals surface area (Å²) >= 11 is 0. The largest absolute Gasteiger partial charge is 0.378 e. The van der Waals surface area contributed by atoms with Gasteiger partial charge >= 0.3 is 0 Å². The van der Waals surface area contributed by atoms with Crippen LogP contribution in [0, 0.1) is 0 Å². The van der Waals surface area contributed by atoms with Crippen LogP contribution >= 0.6 is 0 Å². The number of anilines is 1. The number of nitrogens with one attached hydrogen (secondary N) is 1. The predicted octanol–water partition coefficient (Wildman–Crippen LogP) is 3.28. The number of H-pyrrole nitrogens is 1. The van der Waals surface area contributed by atoms with Crippen LogP contribution in [0.15, 0.2) is 36.2 Å². The number of aromatic amines is 1. The van der Waals surface area contributed by atoms with Gasteiger partial charge in [0.05, 0.1) is 24.4 Å². The number of allylic oxidation sites excluding steroid dienone is 1. The Morgan fingerprint density at radius 2 is 2.00 bits per heavy atom. The molecule has 0 bridgehead atoms. The number of nitrogens with zero attached hydrogens (tertiary/aromatic N) is 4. The Labute approximate surface area is 146 Å². The highest BCUT2D eigenvalue weighted by Crippen LogP contribution is 2.28. The molecule has 4 rings (SSSR count). The van der Waals surface area contributed by atoms with Crippen molar-refractivity contribution in [2.24, 2.45) is 0 Å². The highest BCUT2D eigenvalue weighted by atomic mass is 16.5. The van der Waals surface area contributed by atoms with Gasteiger partial charge in [0.25, 0.3) is 0 Å². The summed E-state index contributed by atoms with van der Waals surface area (Å²) in [5.74, 6) is 0.921. The first-order valence-electron chi connectivity index (χ1n) is 8.49. The van der Waals surface area contributed by atoms with E-state index in [1.54, 1.807) is 6.33 Å². The van der Waals surface area contributed by atoms with Gasteiger partial charge in [0.2, 0.25) is 0 Å². The fourth-order valence-corrected chi connectivity index (χ4v) is 3.09. The Balaban J connectivity index is 1.75. The molecule has 0 spiro atoms. The van der Waals surface area contributed by atoms with Gasteiger partial charge in [0.1, 0.15) is 17.8 Å². The summed E-state index contributed by atoms with van der Waals surface area (Å²) in [4.78, 5) is 11.1. The van der Waals surface area contributed by atoms with Crippen LogP contribution in [0.25, 0.3) is 28.4 Å². The van der Waals surface area contributed by atoms with Gasteiger partial charge in [-0.15, -0.1) is 0 Å². The predicted molar refractivity (Wildman–Crippen MR) is 99.5 cm³/mol. The molecule has 0 radical (unpaired) electrons. The SMILES string of the molecule is CC(C)=Cc1ccc2[nH]nc(-c3cc(N4CCOCC4)ncn3)c2c1. The van der Waals surface area contributed by atoms with Crippen molar-refractivity contribution < 1.29 is 4.74 Å². The topological polar surface area (TPSA) is 66.9 Å². The molecule has 1 N–H and O–H groups in total. The summed E-state index contributed by atoms with van der Waals surface area (Å²) in [6.45, 7) is 7.36. The van der Waals surface area contributed by atoms with Gasteiger partial charge in [-0.1, -0.05) is 17.7 Å². The van der Waals surface area contributed by atoms with Crippen LogP contribution in [0.2, 0.25) is 0 Å². The maximum Gasteiger partial charge on any atom is 0.132 e. The molecule has 25 heavy (non-hydrogen) atoms. The van der Waals surface area contributed by atoms with Gasteiger partial charge in [0, 0.05) is 24.5 Å². The first-order valence-corrected chi connectivity index (χ1v) is 8.49. The van der Waals surface area contributed by atoms with E-state index in [-0.39, 0.29) is 0 Å². The first kappa shape index (κ1) is 15.8. The zero-order valence-electron chi connectivity index (χ0n) is 14.5. The minimum atomic E-state index is 0.733. The fourth-order valence-electron chi connectivity index (χ4n) is 3.09. The van der Waals surface area contributed by atoms with E-state index in [0.29, 0.717) is 0 Å². The molecule has 0 amide bonds. The quantitative estimate of drug-likeness (QED) is 0.795. The number of morpholine rings is 1. The molecule has 1 aromatic carbocycles.